The average molecular weight is 328 g/mol. The van der Waals surface area contributed by atoms with Crippen molar-refractivity contribution in [2.75, 3.05) is 19.3 Å². The molecular weight excluding hydrogens is 304 g/mol. The van der Waals surface area contributed by atoms with Crippen molar-refractivity contribution in [2.24, 2.45) is 0 Å². The summed E-state index contributed by atoms with van der Waals surface area (Å²) in [7, 11) is -3.24. The summed E-state index contributed by atoms with van der Waals surface area (Å²) < 4.78 is 26.7. The number of rotatable bonds is 5. The van der Waals surface area contributed by atoms with E-state index in [2.05, 4.69) is 9.82 Å². The zero-order valence-corrected chi connectivity index (χ0v) is 14.2. The maximum absolute atomic E-state index is 12.6. The normalized spacial score (nSPS) is 19.4. The van der Waals surface area contributed by atoms with Crippen molar-refractivity contribution in [1.29, 1.82) is 0 Å². The van der Waals surface area contributed by atoms with E-state index in [9.17, 15) is 13.2 Å². The second-order valence-corrected chi connectivity index (χ2v) is 7.78. The van der Waals surface area contributed by atoms with Gasteiger partial charge in [0.15, 0.2) is 0 Å². The van der Waals surface area contributed by atoms with E-state index in [-0.39, 0.29) is 25.0 Å². The van der Waals surface area contributed by atoms with E-state index in [1.165, 1.54) is 0 Å². The molecule has 0 bridgehead atoms. The molecule has 1 aromatic heterocycles. The largest absolute Gasteiger partial charge is 0.337 e. The fourth-order valence-corrected chi connectivity index (χ4v) is 3.34. The fraction of sp³-hybridized carbons (Fsp3) is 0.714. The molecule has 1 amide bonds. The van der Waals surface area contributed by atoms with Gasteiger partial charge in [-0.25, -0.2) is 13.1 Å². The second kappa shape index (κ2) is 6.78. The second-order valence-electron chi connectivity index (χ2n) is 5.94. The quantitative estimate of drug-likeness (QED) is 0.849. The van der Waals surface area contributed by atoms with Crippen LogP contribution >= 0.6 is 0 Å². The minimum Gasteiger partial charge on any atom is -0.337 e. The van der Waals surface area contributed by atoms with Gasteiger partial charge in [0.25, 0.3) is 0 Å². The molecule has 1 fully saturated rings. The molecule has 0 aliphatic carbocycles. The lowest BCUT2D eigenvalue weighted by atomic mass is 10.0. The molecular formula is C14H24N4O3S. The third-order valence-electron chi connectivity index (χ3n) is 3.92. The van der Waals surface area contributed by atoms with Crippen LogP contribution in [0.2, 0.25) is 0 Å². The fourth-order valence-electron chi connectivity index (χ4n) is 2.84. The maximum Gasteiger partial charge on any atom is 0.244 e. The van der Waals surface area contributed by atoms with E-state index in [0.29, 0.717) is 6.54 Å². The van der Waals surface area contributed by atoms with Crippen LogP contribution in [0, 0.1) is 13.8 Å². The van der Waals surface area contributed by atoms with E-state index in [1.807, 2.05) is 19.9 Å². The Kier molecular flexibility index (Phi) is 5.23. The number of carbonyl (C=O) groups excluding carboxylic acids is 1. The number of nitrogens with one attached hydrogen (secondary N) is 1. The molecule has 1 unspecified atom stereocenters. The first-order valence-electron chi connectivity index (χ1n) is 7.51. The van der Waals surface area contributed by atoms with Gasteiger partial charge in [-0.15, -0.1) is 0 Å². The lowest BCUT2D eigenvalue weighted by Crippen LogP contribution is -2.50. The average Bonchev–Trinajstić information content (AvgIpc) is 2.74. The van der Waals surface area contributed by atoms with Gasteiger partial charge in [0, 0.05) is 24.8 Å². The highest BCUT2D eigenvalue weighted by Gasteiger charge is 2.27. The molecule has 0 aromatic carbocycles. The maximum atomic E-state index is 12.6. The monoisotopic (exact) mass is 328 g/mol. The molecule has 0 saturated carbocycles. The van der Waals surface area contributed by atoms with Gasteiger partial charge in [0.05, 0.1) is 11.9 Å². The predicted octanol–water partition coefficient (Wildman–Crippen LogP) is 0.430. The van der Waals surface area contributed by atoms with E-state index in [1.54, 1.807) is 9.58 Å². The Bertz CT molecular complexity index is 639. The zero-order chi connectivity index (χ0) is 16.3. The van der Waals surface area contributed by atoms with Crippen molar-refractivity contribution >= 4 is 15.9 Å². The first-order chi connectivity index (χ1) is 10.3. The predicted molar refractivity (Wildman–Crippen MR) is 83.9 cm³/mol. The molecule has 1 aliphatic heterocycles. The number of piperidine rings is 1. The van der Waals surface area contributed by atoms with Crippen molar-refractivity contribution < 1.29 is 13.2 Å². The summed E-state index contributed by atoms with van der Waals surface area (Å²) in [5.41, 5.74) is 1.84. The van der Waals surface area contributed by atoms with Gasteiger partial charge in [-0.05, 0) is 39.2 Å². The SMILES string of the molecule is Cc1cc(C)n(CC(=O)N2CCCCC2CNS(C)(=O)=O)n1. The minimum atomic E-state index is -3.24. The Labute approximate surface area is 131 Å². The number of aromatic nitrogens is 2. The summed E-state index contributed by atoms with van der Waals surface area (Å²) in [5.74, 6) is -0.00815. The summed E-state index contributed by atoms with van der Waals surface area (Å²) >= 11 is 0. The van der Waals surface area contributed by atoms with Crippen molar-refractivity contribution in [3.63, 3.8) is 0 Å². The van der Waals surface area contributed by atoms with E-state index in [4.69, 9.17) is 0 Å². The number of amides is 1. The molecule has 8 heteroatoms. The Hall–Kier alpha value is -1.41. The van der Waals surface area contributed by atoms with Gasteiger partial charge in [0.1, 0.15) is 6.54 Å². The number of sulfonamides is 1. The Morgan fingerprint density at radius 1 is 1.41 bits per heavy atom. The molecule has 124 valence electrons. The van der Waals surface area contributed by atoms with Crippen LogP contribution in [0.5, 0.6) is 0 Å². The zero-order valence-electron chi connectivity index (χ0n) is 13.4. The summed E-state index contributed by atoms with van der Waals surface area (Å²) in [5, 5.41) is 4.31. The summed E-state index contributed by atoms with van der Waals surface area (Å²) in [6.45, 7) is 4.98. The van der Waals surface area contributed by atoms with Crippen molar-refractivity contribution in [3.8, 4) is 0 Å². The highest BCUT2D eigenvalue weighted by molar-refractivity contribution is 7.88. The van der Waals surface area contributed by atoms with Gasteiger partial charge < -0.3 is 4.90 Å². The lowest BCUT2D eigenvalue weighted by Gasteiger charge is -2.35. The molecule has 1 aromatic rings. The summed E-state index contributed by atoms with van der Waals surface area (Å²) in [6.07, 6.45) is 3.93. The van der Waals surface area contributed by atoms with E-state index < -0.39 is 10.0 Å². The molecule has 1 atom stereocenters. The van der Waals surface area contributed by atoms with Gasteiger partial charge in [-0.2, -0.15) is 5.10 Å². The van der Waals surface area contributed by atoms with Gasteiger partial charge in [-0.3, -0.25) is 9.48 Å². The van der Waals surface area contributed by atoms with Crippen LogP contribution < -0.4 is 4.72 Å². The molecule has 1 aliphatic rings. The third kappa shape index (κ3) is 4.54. The van der Waals surface area contributed by atoms with Crippen LogP contribution in [0.1, 0.15) is 30.7 Å². The molecule has 2 rings (SSSR count). The van der Waals surface area contributed by atoms with E-state index >= 15 is 0 Å². The van der Waals surface area contributed by atoms with Crippen LogP contribution in [0.25, 0.3) is 0 Å². The van der Waals surface area contributed by atoms with Crippen molar-refractivity contribution in [2.45, 2.75) is 45.7 Å². The standard InChI is InChI=1S/C14H24N4O3S/c1-11-8-12(2)18(16-11)10-14(19)17-7-5-4-6-13(17)9-15-22(3,20)21/h8,13,15H,4-7,9-10H2,1-3H3. The summed E-state index contributed by atoms with van der Waals surface area (Å²) in [4.78, 5) is 14.3. The molecule has 22 heavy (non-hydrogen) atoms. The van der Waals surface area contributed by atoms with Crippen molar-refractivity contribution in [3.05, 3.63) is 17.5 Å². The van der Waals surface area contributed by atoms with Gasteiger partial charge >= 0.3 is 0 Å². The molecule has 0 spiro atoms. The number of carbonyl (C=O) groups is 1. The van der Waals surface area contributed by atoms with Crippen LogP contribution in [-0.2, 0) is 21.4 Å². The number of nitrogens with zero attached hydrogens (tertiary/aromatic N) is 3. The Balaban J connectivity index is 2.03. The smallest absolute Gasteiger partial charge is 0.244 e. The summed E-state index contributed by atoms with van der Waals surface area (Å²) in [6, 6.07) is 1.86. The van der Waals surface area contributed by atoms with Crippen LogP contribution in [0.4, 0.5) is 0 Å². The number of hydrogen-bond acceptors (Lipinski definition) is 4. The number of likely N-dealkylation sites (tertiary alicyclic amines) is 1. The van der Waals surface area contributed by atoms with Crippen LogP contribution in [-0.4, -0.2) is 54.4 Å². The molecule has 2 heterocycles. The van der Waals surface area contributed by atoms with Gasteiger partial charge in [0.2, 0.25) is 15.9 Å². The van der Waals surface area contributed by atoms with Crippen LogP contribution in [0.15, 0.2) is 6.07 Å². The highest BCUT2D eigenvalue weighted by atomic mass is 32.2. The molecule has 7 nitrogen and oxygen atoms in total. The van der Waals surface area contributed by atoms with E-state index in [0.717, 1.165) is 36.9 Å². The molecule has 1 N–H and O–H groups in total. The minimum absolute atomic E-state index is 0.00815. The third-order valence-corrected chi connectivity index (χ3v) is 4.61. The number of hydrogen-bond donors (Lipinski definition) is 1. The Morgan fingerprint density at radius 3 is 2.73 bits per heavy atom. The van der Waals surface area contributed by atoms with Crippen LogP contribution in [0.3, 0.4) is 0 Å². The lowest BCUT2D eigenvalue weighted by molar-refractivity contribution is -0.135. The molecule has 1 saturated heterocycles. The Morgan fingerprint density at radius 2 is 2.14 bits per heavy atom. The first kappa shape index (κ1) is 17.0. The molecule has 0 radical (unpaired) electrons. The number of aryl methyl sites for hydroxylation is 2. The van der Waals surface area contributed by atoms with Gasteiger partial charge in [-0.1, -0.05) is 0 Å². The first-order valence-corrected chi connectivity index (χ1v) is 9.40. The highest BCUT2D eigenvalue weighted by Crippen LogP contribution is 2.17. The topological polar surface area (TPSA) is 84.3 Å². The van der Waals surface area contributed by atoms with Crippen molar-refractivity contribution in [1.82, 2.24) is 19.4 Å².